The molecule has 0 unspecified atom stereocenters. The van der Waals surface area contributed by atoms with Crippen molar-refractivity contribution in [3.05, 3.63) is 70.6 Å². The topological polar surface area (TPSA) is 81.2 Å². The van der Waals surface area contributed by atoms with E-state index in [0.29, 0.717) is 16.3 Å². The first-order chi connectivity index (χ1) is 15.0. The Labute approximate surface area is 182 Å². The van der Waals surface area contributed by atoms with Crippen molar-refractivity contribution in [2.24, 2.45) is 0 Å². The van der Waals surface area contributed by atoms with Crippen LogP contribution in [0.5, 0.6) is 0 Å². The number of aromatic nitrogens is 2. The van der Waals surface area contributed by atoms with Crippen LogP contribution in [-0.4, -0.2) is 28.5 Å². The molecule has 0 radical (unpaired) electrons. The summed E-state index contributed by atoms with van der Waals surface area (Å²) in [5.74, 6) is -3.20. The molecule has 0 aliphatic heterocycles. The number of hydrogen-bond donors (Lipinski definition) is 1. The molecular formula is C21H13F2N3O3S2. The van der Waals surface area contributed by atoms with Crippen LogP contribution < -0.4 is 5.32 Å². The van der Waals surface area contributed by atoms with E-state index in [2.05, 4.69) is 15.3 Å². The first kappa shape index (κ1) is 20.8. The maximum absolute atomic E-state index is 13.4. The van der Waals surface area contributed by atoms with Crippen LogP contribution in [0.4, 0.5) is 13.9 Å². The predicted octanol–water partition coefficient (Wildman–Crippen LogP) is 4.89. The lowest BCUT2D eigenvalue weighted by Gasteiger charge is -2.02. The second kappa shape index (κ2) is 9.11. The number of para-hydroxylation sites is 1. The lowest BCUT2D eigenvalue weighted by Crippen LogP contribution is -2.20. The summed E-state index contributed by atoms with van der Waals surface area (Å²) >= 11 is 2.54. The van der Waals surface area contributed by atoms with Crippen LogP contribution >= 0.6 is 22.7 Å². The van der Waals surface area contributed by atoms with Crippen molar-refractivity contribution in [2.75, 3.05) is 11.9 Å². The van der Waals surface area contributed by atoms with Gasteiger partial charge in [0, 0.05) is 17.0 Å². The van der Waals surface area contributed by atoms with Crippen molar-refractivity contribution in [3.8, 4) is 11.3 Å². The van der Waals surface area contributed by atoms with Gasteiger partial charge in [0.15, 0.2) is 23.4 Å². The number of esters is 1. The molecule has 0 aliphatic carbocycles. The van der Waals surface area contributed by atoms with E-state index in [9.17, 15) is 18.4 Å². The number of carbonyl (C=O) groups is 2. The van der Waals surface area contributed by atoms with E-state index in [4.69, 9.17) is 4.74 Å². The van der Waals surface area contributed by atoms with Gasteiger partial charge in [-0.1, -0.05) is 12.1 Å². The quantitative estimate of drug-likeness (QED) is 0.329. The molecule has 2 heterocycles. The van der Waals surface area contributed by atoms with Crippen molar-refractivity contribution in [1.82, 2.24) is 9.97 Å². The van der Waals surface area contributed by atoms with Gasteiger partial charge >= 0.3 is 5.97 Å². The van der Waals surface area contributed by atoms with Gasteiger partial charge in [-0.3, -0.25) is 10.1 Å². The molecule has 1 amide bonds. The summed E-state index contributed by atoms with van der Waals surface area (Å²) in [7, 11) is 0. The van der Waals surface area contributed by atoms with E-state index in [0.717, 1.165) is 33.7 Å². The average molecular weight is 457 g/mol. The van der Waals surface area contributed by atoms with Gasteiger partial charge in [0.2, 0.25) is 0 Å². The van der Waals surface area contributed by atoms with Crippen molar-refractivity contribution >= 4 is 56.0 Å². The highest BCUT2D eigenvalue weighted by molar-refractivity contribution is 7.19. The van der Waals surface area contributed by atoms with Gasteiger partial charge in [-0.25, -0.2) is 23.5 Å². The number of anilines is 1. The van der Waals surface area contributed by atoms with E-state index in [-0.39, 0.29) is 5.13 Å². The Morgan fingerprint density at radius 2 is 1.94 bits per heavy atom. The maximum Gasteiger partial charge on any atom is 0.331 e. The van der Waals surface area contributed by atoms with E-state index in [1.54, 1.807) is 5.38 Å². The Hall–Kier alpha value is -3.50. The Morgan fingerprint density at radius 3 is 2.74 bits per heavy atom. The van der Waals surface area contributed by atoms with E-state index >= 15 is 0 Å². The number of rotatable bonds is 6. The molecule has 0 atom stereocenters. The molecule has 2 aromatic carbocycles. The first-order valence-electron chi connectivity index (χ1n) is 8.89. The molecule has 2 aromatic heterocycles. The zero-order valence-corrected chi connectivity index (χ0v) is 17.3. The monoisotopic (exact) mass is 457 g/mol. The molecule has 4 rings (SSSR count). The van der Waals surface area contributed by atoms with Crippen molar-refractivity contribution in [3.63, 3.8) is 0 Å². The molecular weight excluding hydrogens is 444 g/mol. The largest absolute Gasteiger partial charge is 0.452 e. The van der Waals surface area contributed by atoms with E-state index in [1.165, 1.54) is 29.6 Å². The number of benzene rings is 2. The second-order valence-corrected chi connectivity index (χ2v) is 8.10. The number of halogens is 2. The number of thiazole rings is 2. The van der Waals surface area contributed by atoms with E-state index < -0.39 is 30.1 Å². The summed E-state index contributed by atoms with van der Waals surface area (Å²) in [5, 5.41) is 4.98. The predicted molar refractivity (Wildman–Crippen MR) is 116 cm³/mol. The molecule has 0 saturated carbocycles. The Kier molecular flexibility index (Phi) is 6.10. The lowest BCUT2D eigenvalue weighted by molar-refractivity contribution is -0.142. The molecule has 156 valence electrons. The van der Waals surface area contributed by atoms with Crippen LogP contribution in [0, 0.1) is 11.6 Å². The zero-order valence-electron chi connectivity index (χ0n) is 15.7. The van der Waals surface area contributed by atoms with Crippen LogP contribution in [0.15, 0.2) is 53.9 Å². The molecule has 6 nitrogen and oxygen atoms in total. The number of hydrogen-bond acceptors (Lipinski definition) is 7. The van der Waals surface area contributed by atoms with Crippen molar-refractivity contribution < 1.29 is 23.1 Å². The van der Waals surface area contributed by atoms with Crippen LogP contribution in [0.2, 0.25) is 0 Å². The number of carbonyl (C=O) groups excluding carboxylic acids is 2. The summed E-state index contributed by atoms with van der Waals surface area (Å²) in [6, 6.07) is 11.0. The number of ether oxygens (including phenoxy) is 1. The third-order valence-corrected chi connectivity index (χ3v) is 5.74. The molecule has 1 N–H and O–H groups in total. The van der Waals surface area contributed by atoms with E-state index in [1.807, 2.05) is 24.3 Å². The number of nitrogens with one attached hydrogen (secondary N) is 1. The zero-order chi connectivity index (χ0) is 21.8. The Morgan fingerprint density at radius 1 is 1.10 bits per heavy atom. The third kappa shape index (κ3) is 5.16. The number of nitrogens with zero attached hydrogens (tertiary/aromatic N) is 2. The minimum absolute atomic E-state index is 0.241. The number of amides is 1. The van der Waals surface area contributed by atoms with Crippen LogP contribution in [-0.2, 0) is 14.3 Å². The molecule has 10 heteroatoms. The minimum Gasteiger partial charge on any atom is -0.452 e. The second-order valence-electron chi connectivity index (χ2n) is 6.18. The summed E-state index contributed by atoms with van der Waals surface area (Å²) in [4.78, 5) is 32.4. The van der Waals surface area contributed by atoms with Gasteiger partial charge < -0.3 is 4.74 Å². The molecule has 0 fully saturated rings. The molecule has 4 aromatic rings. The molecule has 31 heavy (non-hydrogen) atoms. The fourth-order valence-electron chi connectivity index (χ4n) is 2.56. The van der Waals surface area contributed by atoms with Crippen molar-refractivity contribution in [1.29, 1.82) is 0 Å². The average Bonchev–Trinajstić information content (AvgIpc) is 3.39. The minimum atomic E-state index is -0.984. The fourth-order valence-corrected chi connectivity index (χ4v) is 4.17. The highest BCUT2D eigenvalue weighted by Crippen LogP contribution is 2.26. The van der Waals surface area contributed by atoms with Gasteiger partial charge in [0.1, 0.15) is 5.01 Å². The lowest BCUT2D eigenvalue weighted by atomic mass is 10.2. The summed E-state index contributed by atoms with van der Waals surface area (Å²) in [6.07, 6.45) is 2.73. The molecule has 0 bridgehead atoms. The van der Waals surface area contributed by atoms with Gasteiger partial charge in [0.25, 0.3) is 5.91 Å². The normalized spacial score (nSPS) is 11.2. The van der Waals surface area contributed by atoms with Crippen LogP contribution in [0.1, 0.15) is 5.01 Å². The summed E-state index contributed by atoms with van der Waals surface area (Å²) in [5.41, 5.74) is 1.60. The van der Waals surface area contributed by atoms with Gasteiger partial charge in [-0.2, -0.15) is 0 Å². The fraction of sp³-hybridized carbons (Fsp3) is 0.0476. The summed E-state index contributed by atoms with van der Waals surface area (Å²) < 4.78 is 32.3. The molecule has 0 saturated heterocycles. The summed E-state index contributed by atoms with van der Waals surface area (Å²) in [6.45, 7) is -0.497. The van der Waals surface area contributed by atoms with Gasteiger partial charge in [0.05, 0.1) is 15.9 Å². The molecule has 0 aliphatic rings. The first-order valence-corrected chi connectivity index (χ1v) is 10.6. The standard InChI is InChI=1S/C21H13F2N3O3S2/c22-13-6-5-12(9-14(13)23)16-11-30-21(25-16)26-18(27)10-29-20(28)8-7-19-24-15-3-1-2-4-17(15)31-19/h1-9,11H,10H2,(H,25,26,27). The third-order valence-electron chi connectivity index (χ3n) is 3.98. The SMILES string of the molecule is O=C(COC(=O)C=Cc1nc2ccccc2s1)Nc1nc(-c2ccc(F)c(F)c2)cs1. The molecule has 0 spiro atoms. The Balaban J connectivity index is 1.29. The smallest absolute Gasteiger partial charge is 0.331 e. The highest BCUT2D eigenvalue weighted by atomic mass is 32.1. The maximum atomic E-state index is 13.4. The number of fused-ring (bicyclic) bond motifs is 1. The highest BCUT2D eigenvalue weighted by Gasteiger charge is 2.11. The van der Waals surface area contributed by atoms with Gasteiger partial charge in [-0.15, -0.1) is 22.7 Å². The van der Waals surface area contributed by atoms with Gasteiger partial charge in [-0.05, 0) is 36.4 Å². The Bertz CT molecular complexity index is 1270. The van der Waals surface area contributed by atoms with Crippen LogP contribution in [0.3, 0.4) is 0 Å². The van der Waals surface area contributed by atoms with Crippen LogP contribution in [0.25, 0.3) is 27.6 Å². The van der Waals surface area contributed by atoms with Crippen molar-refractivity contribution in [2.45, 2.75) is 0 Å².